The Labute approximate surface area is 145 Å². The molecule has 4 rings (SSSR count). The van der Waals surface area contributed by atoms with Crippen molar-refractivity contribution < 1.29 is 9.18 Å². The van der Waals surface area contributed by atoms with Gasteiger partial charge >= 0.3 is 0 Å². The van der Waals surface area contributed by atoms with Gasteiger partial charge in [0.1, 0.15) is 5.82 Å². The van der Waals surface area contributed by atoms with Crippen molar-refractivity contribution >= 4 is 23.2 Å². The molecule has 25 heavy (non-hydrogen) atoms. The molecule has 0 saturated heterocycles. The second-order valence-corrected chi connectivity index (χ2v) is 6.23. The number of nitrogens with one attached hydrogen (secondary N) is 2. The van der Waals surface area contributed by atoms with Crippen LogP contribution in [0.2, 0.25) is 0 Å². The van der Waals surface area contributed by atoms with E-state index in [1.807, 2.05) is 32.0 Å². The average Bonchev–Trinajstić information content (AvgIpc) is 3.05. The molecule has 2 aromatic carbocycles. The van der Waals surface area contributed by atoms with Gasteiger partial charge in [-0.1, -0.05) is 30.3 Å². The molecule has 0 atom stereocenters. The van der Waals surface area contributed by atoms with Gasteiger partial charge in [-0.2, -0.15) is 0 Å². The number of hydrogen-bond donors (Lipinski definition) is 2. The Hall–Kier alpha value is -3.14. The van der Waals surface area contributed by atoms with Gasteiger partial charge in [0.2, 0.25) is 0 Å². The van der Waals surface area contributed by atoms with Gasteiger partial charge in [-0.25, -0.2) is 4.39 Å². The van der Waals surface area contributed by atoms with Crippen LogP contribution < -0.4 is 5.32 Å². The standard InChI is InChI=1S/C21H17FN2O/c1-12-19(23-13(2)20(12)14-6-4-3-5-7-14)11-17-16-10-15(22)8-9-18(16)24-21(17)25/h3-11,23H,1-2H3,(H,24,25)/b17-11-. The van der Waals surface area contributed by atoms with Gasteiger partial charge in [-0.05, 0) is 49.2 Å². The lowest BCUT2D eigenvalue weighted by atomic mass is 10.00. The molecule has 3 nitrogen and oxygen atoms in total. The summed E-state index contributed by atoms with van der Waals surface area (Å²) >= 11 is 0. The van der Waals surface area contributed by atoms with Crippen LogP contribution in [0.1, 0.15) is 22.5 Å². The van der Waals surface area contributed by atoms with Crippen molar-refractivity contribution in [2.45, 2.75) is 13.8 Å². The number of benzene rings is 2. The molecule has 0 unspecified atom stereocenters. The fourth-order valence-electron chi connectivity index (χ4n) is 3.40. The summed E-state index contributed by atoms with van der Waals surface area (Å²) in [5.74, 6) is -0.570. The molecule has 3 aromatic rings. The highest BCUT2D eigenvalue weighted by molar-refractivity contribution is 6.34. The van der Waals surface area contributed by atoms with Gasteiger partial charge in [0.05, 0.1) is 5.57 Å². The molecule has 0 fully saturated rings. The third kappa shape index (κ3) is 2.56. The van der Waals surface area contributed by atoms with Gasteiger partial charge in [-0.15, -0.1) is 0 Å². The van der Waals surface area contributed by atoms with E-state index in [0.717, 1.165) is 28.1 Å². The quantitative estimate of drug-likeness (QED) is 0.642. The van der Waals surface area contributed by atoms with Crippen LogP contribution in [-0.2, 0) is 4.79 Å². The van der Waals surface area contributed by atoms with E-state index in [0.29, 0.717) is 16.8 Å². The SMILES string of the molecule is Cc1[nH]c(/C=C2\C(=O)Nc3ccc(F)cc32)c(C)c1-c1ccccc1. The van der Waals surface area contributed by atoms with Gasteiger partial charge in [0.25, 0.3) is 5.91 Å². The number of aromatic nitrogens is 1. The minimum Gasteiger partial charge on any atom is -0.358 e. The zero-order chi connectivity index (χ0) is 17.6. The lowest BCUT2D eigenvalue weighted by Crippen LogP contribution is -2.03. The van der Waals surface area contributed by atoms with E-state index in [4.69, 9.17) is 0 Å². The maximum atomic E-state index is 13.6. The summed E-state index contributed by atoms with van der Waals surface area (Å²) in [6, 6.07) is 14.4. The number of aromatic amines is 1. The molecule has 0 saturated carbocycles. The summed E-state index contributed by atoms with van der Waals surface area (Å²) in [5, 5.41) is 2.78. The first-order valence-corrected chi connectivity index (χ1v) is 8.12. The van der Waals surface area contributed by atoms with Crippen LogP contribution in [0.5, 0.6) is 0 Å². The lowest BCUT2D eigenvalue weighted by molar-refractivity contribution is -0.110. The molecule has 1 aliphatic heterocycles. The molecule has 1 aliphatic rings. The predicted octanol–water partition coefficient (Wildman–Crippen LogP) is 4.93. The third-order valence-corrected chi connectivity index (χ3v) is 4.59. The molecule has 4 heteroatoms. The van der Waals surface area contributed by atoms with E-state index in [1.54, 1.807) is 12.1 Å². The van der Waals surface area contributed by atoms with E-state index in [1.165, 1.54) is 12.1 Å². The van der Waals surface area contributed by atoms with Crippen LogP contribution in [0.4, 0.5) is 10.1 Å². The summed E-state index contributed by atoms with van der Waals surface area (Å²) in [5.41, 5.74) is 6.92. The molecule has 2 N–H and O–H groups in total. The normalized spacial score (nSPS) is 14.7. The minimum atomic E-state index is -0.356. The maximum absolute atomic E-state index is 13.6. The Kier molecular flexibility index (Phi) is 3.53. The number of fused-ring (bicyclic) bond motifs is 1. The minimum absolute atomic E-state index is 0.214. The Morgan fingerprint density at radius 2 is 1.80 bits per heavy atom. The highest BCUT2D eigenvalue weighted by Crippen LogP contribution is 2.36. The number of halogens is 1. The number of carbonyl (C=O) groups excluding carboxylic acids is 1. The molecule has 1 amide bonds. The Bertz CT molecular complexity index is 1020. The summed E-state index contributed by atoms with van der Waals surface area (Å²) in [6.07, 6.45) is 1.80. The number of rotatable bonds is 2. The van der Waals surface area contributed by atoms with Crippen molar-refractivity contribution in [1.82, 2.24) is 4.98 Å². The Balaban J connectivity index is 1.84. The molecule has 0 aliphatic carbocycles. The summed E-state index contributed by atoms with van der Waals surface area (Å²) in [4.78, 5) is 15.7. The molecule has 1 aromatic heterocycles. The van der Waals surface area contributed by atoms with E-state index in [-0.39, 0.29) is 11.7 Å². The second-order valence-electron chi connectivity index (χ2n) is 6.23. The molecule has 0 radical (unpaired) electrons. The third-order valence-electron chi connectivity index (χ3n) is 4.59. The number of amides is 1. The van der Waals surface area contributed by atoms with Gasteiger partial charge in [0.15, 0.2) is 0 Å². The molecular formula is C21H17FN2O. The lowest BCUT2D eigenvalue weighted by Gasteiger charge is -2.02. The van der Waals surface area contributed by atoms with Gasteiger partial charge < -0.3 is 10.3 Å². The fourth-order valence-corrected chi connectivity index (χ4v) is 3.40. The second kappa shape index (κ2) is 5.74. The van der Waals surface area contributed by atoms with Crippen molar-refractivity contribution in [1.29, 1.82) is 0 Å². The van der Waals surface area contributed by atoms with E-state index in [9.17, 15) is 9.18 Å². The van der Waals surface area contributed by atoms with Gasteiger partial charge in [-0.3, -0.25) is 4.79 Å². The van der Waals surface area contributed by atoms with E-state index < -0.39 is 0 Å². The first-order valence-electron chi connectivity index (χ1n) is 8.12. The fraction of sp³-hybridized carbons (Fsp3) is 0.0952. The van der Waals surface area contributed by atoms with Crippen LogP contribution in [0.25, 0.3) is 22.8 Å². The van der Waals surface area contributed by atoms with E-state index >= 15 is 0 Å². The Morgan fingerprint density at radius 1 is 1.04 bits per heavy atom. The number of hydrogen-bond acceptors (Lipinski definition) is 1. The highest BCUT2D eigenvalue weighted by atomic mass is 19.1. The zero-order valence-corrected chi connectivity index (χ0v) is 14.0. The van der Waals surface area contributed by atoms with Crippen molar-refractivity contribution in [2.75, 3.05) is 5.32 Å². The van der Waals surface area contributed by atoms with Crippen LogP contribution in [0.3, 0.4) is 0 Å². The monoisotopic (exact) mass is 332 g/mol. The van der Waals surface area contributed by atoms with Crippen LogP contribution in [0, 0.1) is 19.7 Å². The van der Waals surface area contributed by atoms with Crippen LogP contribution >= 0.6 is 0 Å². The molecule has 2 heterocycles. The smallest absolute Gasteiger partial charge is 0.256 e. The summed E-state index contributed by atoms with van der Waals surface area (Å²) in [7, 11) is 0. The van der Waals surface area contributed by atoms with Crippen molar-refractivity contribution in [3.8, 4) is 11.1 Å². The average molecular weight is 332 g/mol. The summed E-state index contributed by atoms with van der Waals surface area (Å²) in [6.45, 7) is 4.04. The van der Waals surface area contributed by atoms with Crippen molar-refractivity contribution in [3.05, 3.63) is 76.9 Å². The number of anilines is 1. The molecule has 124 valence electrons. The number of H-pyrrole nitrogens is 1. The largest absolute Gasteiger partial charge is 0.358 e. The molecule has 0 spiro atoms. The zero-order valence-electron chi connectivity index (χ0n) is 14.0. The highest BCUT2D eigenvalue weighted by Gasteiger charge is 2.25. The topological polar surface area (TPSA) is 44.9 Å². The van der Waals surface area contributed by atoms with E-state index in [2.05, 4.69) is 22.4 Å². The number of aryl methyl sites for hydroxylation is 1. The molecular weight excluding hydrogens is 315 g/mol. The maximum Gasteiger partial charge on any atom is 0.256 e. The summed E-state index contributed by atoms with van der Waals surface area (Å²) < 4.78 is 13.6. The van der Waals surface area contributed by atoms with Gasteiger partial charge in [0, 0.05) is 28.2 Å². The number of carbonyl (C=O) groups is 1. The van der Waals surface area contributed by atoms with Crippen molar-refractivity contribution in [3.63, 3.8) is 0 Å². The van der Waals surface area contributed by atoms with Crippen LogP contribution in [-0.4, -0.2) is 10.9 Å². The van der Waals surface area contributed by atoms with Crippen LogP contribution in [0.15, 0.2) is 48.5 Å². The molecule has 0 bridgehead atoms. The first kappa shape index (κ1) is 15.4. The predicted molar refractivity (Wildman–Crippen MR) is 98.6 cm³/mol. The first-order chi connectivity index (χ1) is 12.0. The van der Waals surface area contributed by atoms with Crippen molar-refractivity contribution in [2.24, 2.45) is 0 Å². The Morgan fingerprint density at radius 3 is 2.56 bits per heavy atom.